The summed E-state index contributed by atoms with van der Waals surface area (Å²) in [7, 11) is 0. The molecule has 3 rings (SSSR count). The lowest BCUT2D eigenvalue weighted by Crippen LogP contribution is -2.38. The molecular weight excluding hydrogens is 361 g/mol. The Balaban J connectivity index is 1.82. The molecule has 1 heterocycles. The highest BCUT2D eigenvalue weighted by atomic mass is 35.5. The summed E-state index contributed by atoms with van der Waals surface area (Å²) in [6, 6.07) is 10.4. The smallest absolute Gasteiger partial charge is 0.339 e. The van der Waals surface area contributed by atoms with Crippen molar-refractivity contribution < 1.29 is 14.3 Å². The van der Waals surface area contributed by atoms with Gasteiger partial charge in [0.15, 0.2) is 6.10 Å². The number of amides is 1. The van der Waals surface area contributed by atoms with Gasteiger partial charge in [0, 0.05) is 11.4 Å². The molecule has 1 atom stereocenters. The Morgan fingerprint density at radius 3 is 2.68 bits per heavy atom. The van der Waals surface area contributed by atoms with Crippen LogP contribution in [0.15, 0.2) is 36.4 Å². The number of halogens is 2. The van der Waals surface area contributed by atoms with Crippen LogP contribution >= 0.6 is 23.2 Å². The lowest BCUT2D eigenvalue weighted by Gasteiger charge is -2.25. The van der Waals surface area contributed by atoms with Crippen molar-refractivity contribution in [2.45, 2.75) is 32.3 Å². The summed E-state index contributed by atoms with van der Waals surface area (Å²) in [5, 5.41) is 3.49. The van der Waals surface area contributed by atoms with Gasteiger partial charge >= 0.3 is 5.97 Å². The number of hydrogen-bond donors (Lipinski definition) is 1. The number of carbonyl (C=O) groups excluding carboxylic acids is 2. The van der Waals surface area contributed by atoms with E-state index in [0.717, 1.165) is 11.1 Å². The number of esters is 1. The summed E-state index contributed by atoms with van der Waals surface area (Å²) in [5.74, 6) is -0.590. The fraction of sp³-hybridized carbons (Fsp3) is 0.263. The van der Waals surface area contributed by atoms with Crippen LogP contribution in [0.25, 0.3) is 0 Å². The van der Waals surface area contributed by atoms with E-state index in [-0.39, 0.29) is 0 Å². The van der Waals surface area contributed by atoms with Crippen LogP contribution < -0.4 is 5.32 Å². The Morgan fingerprint density at radius 1 is 1.20 bits per heavy atom. The largest absolute Gasteiger partial charge is 0.448 e. The van der Waals surface area contributed by atoms with Crippen molar-refractivity contribution in [1.82, 2.24) is 0 Å². The van der Waals surface area contributed by atoms with Crippen molar-refractivity contribution in [3.05, 3.63) is 63.1 Å². The number of benzene rings is 2. The average molecular weight is 378 g/mol. The van der Waals surface area contributed by atoms with Gasteiger partial charge in [-0.2, -0.15) is 0 Å². The lowest BCUT2D eigenvalue weighted by atomic mass is 9.92. The van der Waals surface area contributed by atoms with E-state index in [1.54, 1.807) is 24.3 Å². The Labute approximate surface area is 156 Å². The number of anilines is 1. The third-order valence-corrected chi connectivity index (χ3v) is 4.71. The van der Waals surface area contributed by atoms with Gasteiger partial charge in [-0.25, -0.2) is 4.79 Å². The Morgan fingerprint density at radius 2 is 1.96 bits per heavy atom. The zero-order chi connectivity index (χ0) is 18.1. The quantitative estimate of drug-likeness (QED) is 0.778. The summed E-state index contributed by atoms with van der Waals surface area (Å²) < 4.78 is 5.29. The summed E-state index contributed by atoms with van der Waals surface area (Å²) in [5.41, 5.74) is 2.83. The van der Waals surface area contributed by atoms with Crippen LogP contribution in [0, 0.1) is 0 Å². The first-order chi connectivity index (χ1) is 11.8. The molecule has 0 spiro atoms. The van der Waals surface area contributed by atoms with Gasteiger partial charge in [0.25, 0.3) is 5.91 Å². The number of rotatable bonds is 3. The number of cyclic esters (lactones) is 1. The molecule has 1 aliphatic rings. The second-order valence-corrected chi connectivity index (χ2v) is 7.13. The number of nitrogens with one attached hydrogen (secondary N) is 1. The predicted octanol–water partition coefficient (Wildman–Crippen LogP) is 4.84. The van der Waals surface area contributed by atoms with Gasteiger partial charge in [-0.15, -0.1) is 0 Å². The Bertz CT molecular complexity index is 849. The maximum Gasteiger partial charge on any atom is 0.339 e. The number of ether oxygens (including phenoxy) is 1. The van der Waals surface area contributed by atoms with Crippen LogP contribution in [0.5, 0.6) is 0 Å². The van der Waals surface area contributed by atoms with E-state index in [2.05, 4.69) is 19.2 Å². The van der Waals surface area contributed by atoms with E-state index in [4.69, 9.17) is 27.9 Å². The van der Waals surface area contributed by atoms with Crippen LogP contribution in [-0.4, -0.2) is 18.0 Å². The predicted molar refractivity (Wildman–Crippen MR) is 98.5 cm³/mol. The zero-order valence-corrected chi connectivity index (χ0v) is 15.3. The fourth-order valence-electron chi connectivity index (χ4n) is 2.73. The summed E-state index contributed by atoms with van der Waals surface area (Å²) >= 11 is 12.0. The van der Waals surface area contributed by atoms with Crippen LogP contribution in [0.4, 0.5) is 5.69 Å². The van der Waals surface area contributed by atoms with Crippen LogP contribution in [0.3, 0.4) is 0 Å². The van der Waals surface area contributed by atoms with Crippen molar-refractivity contribution in [2.75, 3.05) is 5.32 Å². The van der Waals surface area contributed by atoms with Gasteiger partial charge in [-0.3, -0.25) is 4.79 Å². The van der Waals surface area contributed by atoms with Gasteiger partial charge in [0.2, 0.25) is 0 Å². The molecule has 0 aliphatic carbocycles. The molecule has 130 valence electrons. The second-order valence-electron chi connectivity index (χ2n) is 6.28. The molecule has 0 fully saturated rings. The van der Waals surface area contributed by atoms with Crippen LogP contribution in [0.2, 0.25) is 10.0 Å². The lowest BCUT2D eigenvalue weighted by molar-refractivity contribution is -0.125. The minimum absolute atomic E-state index is 0.325. The van der Waals surface area contributed by atoms with Crippen molar-refractivity contribution >= 4 is 40.8 Å². The third-order valence-electron chi connectivity index (χ3n) is 4.15. The topological polar surface area (TPSA) is 55.4 Å². The van der Waals surface area contributed by atoms with Crippen molar-refractivity contribution in [3.8, 4) is 0 Å². The third kappa shape index (κ3) is 3.80. The van der Waals surface area contributed by atoms with Gasteiger partial charge in [-0.05, 0) is 41.3 Å². The maximum atomic E-state index is 12.5. The fourth-order valence-corrected chi connectivity index (χ4v) is 3.06. The van der Waals surface area contributed by atoms with Gasteiger partial charge in [-0.1, -0.05) is 49.2 Å². The number of carbonyl (C=O) groups is 2. The Kier molecular flexibility index (Phi) is 5.02. The molecule has 2 aromatic carbocycles. The molecule has 1 unspecified atom stereocenters. The molecule has 0 aromatic heterocycles. The molecule has 1 aliphatic heterocycles. The van der Waals surface area contributed by atoms with Crippen molar-refractivity contribution in [3.63, 3.8) is 0 Å². The normalized spacial score (nSPS) is 16.4. The highest BCUT2D eigenvalue weighted by molar-refractivity contribution is 6.35. The van der Waals surface area contributed by atoms with E-state index in [0.29, 0.717) is 33.6 Å². The summed E-state index contributed by atoms with van der Waals surface area (Å²) in [4.78, 5) is 24.7. The first kappa shape index (κ1) is 17.8. The first-order valence-electron chi connectivity index (χ1n) is 7.95. The highest BCUT2D eigenvalue weighted by Gasteiger charge is 2.31. The van der Waals surface area contributed by atoms with E-state index in [9.17, 15) is 9.59 Å². The Hall–Kier alpha value is -2.04. The molecule has 0 radical (unpaired) electrons. The molecule has 0 bridgehead atoms. The standard InChI is InChI=1S/C19H17Cl2NO3/c1-10(2)11-3-5-14-12(7-11)8-17(25-19(14)24)18(23)22-16-9-13(20)4-6-15(16)21/h3-7,9-10,17H,8H2,1-2H3,(H,22,23). The molecule has 0 saturated heterocycles. The van der Waals surface area contributed by atoms with E-state index in [1.807, 2.05) is 12.1 Å². The molecule has 0 saturated carbocycles. The summed E-state index contributed by atoms with van der Waals surface area (Å²) in [6.07, 6.45) is -0.580. The minimum Gasteiger partial charge on any atom is -0.448 e. The van der Waals surface area contributed by atoms with Gasteiger partial charge in [0.05, 0.1) is 16.3 Å². The van der Waals surface area contributed by atoms with Crippen molar-refractivity contribution in [1.29, 1.82) is 0 Å². The van der Waals surface area contributed by atoms with Gasteiger partial charge < -0.3 is 10.1 Å². The maximum absolute atomic E-state index is 12.5. The molecule has 25 heavy (non-hydrogen) atoms. The monoisotopic (exact) mass is 377 g/mol. The zero-order valence-electron chi connectivity index (χ0n) is 13.8. The van der Waals surface area contributed by atoms with E-state index < -0.39 is 18.0 Å². The van der Waals surface area contributed by atoms with E-state index >= 15 is 0 Å². The highest BCUT2D eigenvalue weighted by Crippen LogP contribution is 2.28. The minimum atomic E-state index is -0.905. The first-order valence-corrected chi connectivity index (χ1v) is 8.70. The summed E-state index contributed by atoms with van der Waals surface area (Å²) in [6.45, 7) is 4.16. The van der Waals surface area contributed by atoms with Crippen LogP contribution in [0.1, 0.15) is 41.3 Å². The van der Waals surface area contributed by atoms with Gasteiger partial charge in [0.1, 0.15) is 0 Å². The average Bonchev–Trinajstić information content (AvgIpc) is 2.57. The molecular formula is C19H17Cl2NO3. The van der Waals surface area contributed by atoms with Crippen molar-refractivity contribution in [2.24, 2.45) is 0 Å². The molecule has 1 amide bonds. The number of hydrogen-bond acceptors (Lipinski definition) is 3. The molecule has 2 aromatic rings. The molecule has 4 nitrogen and oxygen atoms in total. The molecule has 6 heteroatoms. The SMILES string of the molecule is CC(C)c1ccc2c(c1)CC(C(=O)Nc1cc(Cl)ccc1Cl)OC2=O. The second kappa shape index (κ2) is 7.06. The van der Waals surface area contributed by atoms with E-state index in [1.165, 1.54) is 0 Å². The molecule has 1 N–H and O–H groups in total. The number of fused-ring (bicyclic) bond motifs is 1. The van der Waals surface area contributed by atoms with Crippen LogP contribution in [-0.2, 0) is 16.0 Å².